The van der Waals surface area contributed by atoms with Gasteiger partial charge < -0.3 is 4.74 Å². The molecule has 2 N–H and O–H groups in total. The van der Waals surface area contributed by atoms with Gasteiger partial charge in [-0.2, -0.15) is 5.10 Å². The molecule has 0 atom stereocenters. The zero-order valence-electron chi connectivity index (χ0n) is 15.1. The lowest BCUT2D eigenvalue weighted by molar-refractivity contribution is 0.340. The van der Waals surface area contributed by atoms with Crippen molar-refractivity contribution in [1.82, 2.24) is 14.9 Å². The summed E-state index contributed by atoms with van der Waals surface area (Å²) in [4.78, 5) is 0. The lowest BCUT2D eigenvalue weighted by atomic mass is 10.1. The summed E-state index contributed by atoms with van der Waals surface area (Å²) < 4.78 is 58.9. The summed E-state index contributed by atoms with van der Waals surface area (Å²) in [7, 11) is -3.80. The third-order valence-electron chi connectivity index (χ3n) is 3.93. The second-order valence-electron chi connectivity index (χ2n) is 6.09. The topological polar surface area (TPSA) is 84.1 Å². The van der Waals surface area contributed by atoms with Crippen LogP contribution in [0.4, 0.5) is 8.78 Å². The largest absolute Gasteiger partial charge is 0.494 e. The van der Waals surface area contributed by atoms with E-state index in [1.165, 1.54) is 6.20 Å². The fraction of sp³-hybridized carbons (Fsp3) is 0.211. The summed E-state index contributed by atoms with van der Waals surface area (Å²) in [5.41, 5.74) is 2.16. The summed E-state index contributed by atoms with van der Waals surface area (Å²) in [6.07, 6.45) is 1.52. The Labute approximate surface area is 161 Å². The van der Waals surface area contributed by atoms with E-state index < -0.39 is 27.4 Å². The molecule has 0 saturated carbocycles. The van der Waals surface area contributed by atoms with E-state index in [0.29, 0.717) is 23.9 Å². The molecule has 0 spiro atoms. The Morgan fingerprint density at radius 3 is 2.43 bits per heavy atom. The van der Waals surface area contributed by atoms with Gasteiger partial charge in [0.2, 0.25) is 10.0 Å². The predicted molar refractivity (Wildman–Crippen MR) is 101 cm³/mol. The van der Waals surface area contributed by atoms with Crippen LogP contribution in [0.2, 0.25) is 0 Å². The first-order valence-corrected chi connectivity index (χ1v) is 10.2. The molecule has 3 aromatic rings. The van der Waals surface area contributed by atoms with Crippen LogP contribution >= 0.6 is 0 Å². The smallest absolute Gasteiger partial charge is 0.216 e. The van der Waals surface area contributed by atoms with Crippen molar-refractivity contribution in [2.75, 3.05) is 6.61 Å². The molecule has 0 aliphatic rings. The van der Waals surface area contributed by atoms with Crippen LogP contribution in [-0.2, 0) is 22.3 Å². The summed E-state index contributed by atoms with van der Waals surface area (Å²) in [6.45, 7) is 2.44. The van der Waals surface area contributed by atoms with Gasteiger partial charge in [0.1, 0.15) is 17.4 Å². The zero-order chi connectivity index (χ0) is 20.1. The molecule has 28 heavy (non-hydrogen) atoms. The molecule has 0 aliphatic carbocycles. The lowest BCUT2D eigenvalue weighted by Crippen LogP contribution is -2.24. The van der Waals surface area contributed by atoms with E-state index in [4.69, 9.17) is 4.74 Å². The van der Waals surface area contributed by atoms with Crippen molar-refractivity contribution in [1.29, 1.82) is 0 Å². The lowest BCUT2D eigenvalue weighted by Gasteiger charge is -2.09. The van der Waals surface area contributed by atoms with Crippen molar-refractivity contribution in [3.05, 3.63) is 71.4 Å². The Hall–Kier alpha value is -2.78. The van der Waals surface area contributed by atoms with Crippen molar-refractivity contribution in [3.63, 3.8) is 0 Å². The molecule has 148 valence electrons. The maximum absolute atomic E-state index is 13.3. The maximum atomic E-state index is 13.3. The van der Waals surface area contributed by atoms with Gasteiger partial charge in [-0.05, 0) is 48.9 Å². The van der Waals surface area contributed by atoms with Gasteiger partial charge >= 0.3 is 0 Å². The van der Waals surface area contributed by atoms with Crippen molar-refractivity contribution in [2.45, 2.75) is 19.2 Å². The number of hydrogen-bond acceptors (Lipinski definition) is 4. The monoisotopic (exact) mass is 407 g/mol. The standard InChI is InChI=1S/C19H19F2N3O3S/c1-2-27-18-5-3-14(4-6-18)19-15(10-22-24-19)11-23-28(25,26)12-13-7-16(20)9-17(21)8-13/h3-10,23H,2,11-12H2,1H3,(H,22,24). The van der Waals surface area contributed by atoms with Crippen molar-refractivity contribution in [2.24, 2.45) is 0 Å². The van der Waals surface area contributed by atoms with Crippen LogP contribution in [0.3, 0.4) is 0 Å². The first-order valence-electron chi connectivity index (χ1n) is 8.54. The first-order chi connectivity index (χ1) is 13.4. The number of rotatable bonds is 8. The molecule has 0 aliphatic heterocycles. The van der Waals surface area contributed by atoms with E-state index in [2.05, 4.69) is 14.9 Å². The number of H-pyrrole nitrogens is 1. The van der Waals surface area contributed by atoms with E-state index >= 15 is 0 Å². The van der Waals surface area contributed by atoms with Gasteiger partial charge in [-0.1, -0.05) is 0 Å². The van der Waals surface area contributed by atoms with Crippen molar-refractivity contribution < 1.29 is 21.9 Å². The number of aromatic amines is 1. The highest BCUT2D eigenvalue weighted by molar-refractivity contribution is 7.88. The number of benzene rings is 2. The minimum atomic E-state index is -3.80. The maximum Gasteiger partial charge on any atom is 0.216 e. The molecule has 1 aromatic heterocycles. The van der Waals surface area contributed by atoms with Crippen molar-refractivity contribution >= 4 is 10.0 Å². The number of nitrogens with one attached hydrogen (secondary N) is 2. The molecule has 0 bridgehead atoms. The molecule has 6 nitrogen and oxygen atoms in total. The van der Waals surface area contributed by atoms with Crippen molar-refractivity contribution in [3.8, 4) is 17.0 Å². The quantitative estimate of drug-likeness (QED) is 0.600. The molecule has 0 radical (unpaired) electrons. The molecule has 0 saturated heterocycles. The highest BCUT2D eigenvalue weighted by atomic mass is 32.2. The average molecular weight is 407 g/mol. The van der Waals surface area contributed by atoms with E-state index in [9.17, 15) is 17.2 Å². The minimum Gasteiger partial charge on any atom is -0.494 e. The Bertz CT molecular complexity index is 1030. The number of ether oxygens (including phenoxy) is 1. The van der Waals surface area contributed by atoms with Crippen LogP contribution in [0, 0.1) is 11.6 Å². The van der Waals surface area contributed by atoms with Crippen LogP contribution < -0.4 is 9.46 Å². The minimum absolute atomic E-state index is 0.0147. The number of nitrogens with zero attached hydrogens (tertiary/aromatic N) is 1. The second-order valence-corrected chi connectivity index (χ2v) is 7.89. The molecular weight excluding hydrogens is 388 g/mol. The predicted octanol–water partition coefficient (Wildman–Crippen LogP) is 3.37. The summed E-state index contributed by atoms with van der Waals surface area (Å²) in [6, 6.07) is 9.98. The van der Waals surface area contributed by atoms with Gasteiger partial charge in [-0.15, -0.1) is 0 Å². The number of aromatic nitrogens is 2. The number of sulfonamides is 1. The summed E-state index contributed by atoms with van der Waals surface area (Å²) in [5, 5.41) is 6.82. The van der Waals surface area contributed by atoms with Crippen LogP contribution in [-0.4, -0.2) is 25.2 Å². The zero-order valence-corrected chi connectivity index (χ0v) is 15.9. The van der Waals surface area contributed by atoms with E-state index in [0.717, 1.165) is 23.4 Å². The number of halogens is 2. The van der Waals surface area contributed by atoms with Gasteiger partial charge in [-0.3, -0.25) is 5.10 Å². The van der Waals surface area contributed by atoms with Crippen LogP contribution in [0.25, 0.3) is 11.3 Å². The Balaban J connectivity index is 1.70. The molecule has 0 amide bonds. The van der Waals surface area contributed by atoms with Gasteiger partial charge in [-0.25, -0.2) is 21.9 Å². The van der Waals surface area contributed by atoms with Crippen LogP contribution in [0.1, 0.15) is 18.1 Å². The Morgan fingerprint density at radius 1 is 1.11 bits per heavy atom. The van der Waals surface area contributed by atoms with E-state index in [1.807, 2.05) is 31.2 Å². The van der Waals surface area contributed by atoms with Gasteiger partial charge in [0, 0.05) is 23.7 Å². The van der Waals surface area contributed by atoms with Gasteiger partial charge in [0.25, 0.3) is 0 Å². The van der Waals surface area contributed by atoms with Crippen LogP contribution in [0.15, 0.2) is 48.7 Å². The SMILES string of the molecule is CCOc1ccc(-c2[nH]ncc2CNS(=O)(=O)Cc2cc(F)cc(F)c2)cc1. The van der Waals surface area contributed by atoms with E-state index in [-0.39, 0.29) is 12.1 Å². The van der Waals surface area contributed by atoms with E-state index in [1.54, 1.807) is 0 Å². The highest BCUT2D eigenvalue weighted by Gasteiger charge is 2.15. The Kier molecular flexibility index (Phi) is 6.05. The fourth-order valence-electron chi connectivity index (χ4n) is 2.73. The molecule has 0 unspecified atom stereocenters. The summed E-state index contributed by atoms with van der Waals surface area (Å²) >= 11 is 0. The third-order valence-corrected chi connectivity index (χ3v) is 5.23. The molecule has 1 heterocycles. The molecule has 3 rings (SSSR count). The molecule has 0 fully saturated rings. The van der Waals surface area contributed by atoms with Gasteiger partial charge in [0.05, 0.1) is 24.3 Å². The molecule has 2 aromatic carbocycles. The molecular formula is C19H19F2N3O3S. The second kappa shape index (κ2) is 8.49. The summed E-state index contributed by atoms with van der Waals surface area (Å²) in [5.74, 6) is -1.44. The third kappa shape index (κ3) is 5.14. The average Bonchev–Trinajstić information content (AvgIpc) is 3.08. The Morgan fingerprint density at radius 2 is 1.79 bits per heavy atom. The number of hydrogen-bond donors (Lipinski definition) is 2. The van der Waals surface area contributed by atoms with Gasteiger partial charge in [0.15, 0.2) is 0 Å². The molecule has 9 heteroatoms. The normalized spacial score (nSPS) is 11.5. The fourth-order valence-corrected chi connectivity index (χ4v) is 3.81. The highest BCUT2D eigenvalue weighted by Crippen LogP contribution is 2.24. The first kappa shape index (κ1) is 20.0. The van der Waals surface area contributed by atoms with Crippen LogP contribution in [0.5, 0.6) is 5.75 Å².